The first kappa shape index (κ1) is 24.6. The molecule has 3 unspecified atom stereocenters. The molecule has 10 nitrogen and oxygen atoms in total. The Morgan fingerprint density at radius 2 is 1.62 bits per heavy atom. The molecule has 3 rings (SSSR count). The molecule has 3 amide bonds. The predicted molar refractivity (Wildman–Crippen MR) is 120 cm³/mol. The van der Waals surface area contributed by atoms with Gasteiger partial charge in [0.05, 0.1) is 12.2 Å². The molecule has 0 radical (unpaired) electrons. The first-order valence-electron chi connectivity index (χ1n) is 11.0. The molecule has 2 saturated heterocycles. The highest BCUT2D eigenvalue weighted by Crippen LogP contribution is 2.25. The molecule has 0 saturated carbocycles. The van der Waals surface area contributed by atoms with E-state index in [9.17, 15) is 18.0 Å². The number of imide groups is 1. The topological polar surface area (TPSA) is 111 Å². The zero-order valence-electron chi connectivity index (χ0n) is 18.9. The monoisotopic (exact) mass is 467 g/mol. The van der Waals surface area contributed by atoms with Crippen molar-refractivity contribution in [3.63, 3.8) is 0 Å². The van der Waals surface area contributed by atoms with E-state index in [0.717, 1.165) is 5.56 Å². The molecule has 0 spiro atoms. The van der Waals surface area contributed by atoms with Crippen LogP contribution in [0.25, 0.3) is 0 Å². The summed E-state index contributed by atoms with van der Waals surface area (Å²) in [6.45, 7) is 7.85. The molecule has 1 aromatic carbocycles. The SMILES string of the molecule is CCNC(=O)NC(=O)C(c1ccccc1)N1CCN(S(=O)(=O)N2CC(C)OC(C)C2)CC1. The second-order valence-corrected chi connectivity index (χ2v) is 10.1. The third-order valence-electron chi connectivity index (χ3n) is 5.61. The third-order valence-corrected chi connectivity index (χ3v) is 7.58. The average Bonchev–Trinajstić information content (AvgIpc) is 2.74. The van der Waals surface area contributed by atoms with Gasteiger partial charge in [0, 0.05) is 45.8 Å². The van der Waals surface area contributed by atoms with Gasteiger partial charge < -0.3 is 10.1 Å². The lowest BCUT2D eigenvalue weighted by molar-refractivity contribution is -0.126. The summed E-state index contributed by atoms with van der Waals surface area (Å²) in [6, 6.07) is 7.97. The quantitative estimate of drug-likeness (QED) is 0.632. The van der Waals surface area contributed by atoms with Crippen molar-refractivity contribution in [1.82, 2.24) is 24.1 Å². The van der Waals surface area contributed by atoms with Crippen molar-refractivity contribution in [1.29, 1.82) is 0 Å². The van der Waals surface area contributed by atoms with Crippen molar-refractivity contribution in [2.24, 2.45) is 0 Å². The van der Waals surface area contributed by atoms with Crippen molar-refractivity contribution in [2.45, 2.75) is 39.0 Å². The molecule has 1 aromatic rings. The lowest BCUT2D eigenvalue weighted by Gasteiger charge is -2.41. The van der Waals surface area contributed by atoms with Crippen molar-refractivity contribution in [3.05, 3.63) is 35.9 Å². The number of amides is 3. The Morgan fingerprint density at radius 3 is 2.19 bits per heavy atom. The van der Waals surface area contributed by atoms with E-state index < -0.39 is 28.2 Å². The number of ether oxygens (including phenoxy) is 1. The second-order valence-electron chi connectivity index (χ2n) is 8.18. The van der Waals surface area contributed by atoms with E-state index in [-0.39, 0.29) is 25.3 Å². The molecular formula is C21H33N5O5S. The summed E-state index contributed by atoms with van der Waals surface area (Å²) in [6.07, 6.45) is -0.314. The van der Waals surface area contributed by atoms with Crippen molar-refractivity contribution < 1.29 is 22.7 Å². The van der Waals surface area contributed by atoms with Crippen LogP contribution in [0.3, 0.4) is 0 Å². The minimum atomic E-state index is -3.62. The number of morpholine rings is 1. The Bertz CT molecular complexity index is 879. The van der Waals surface area contributed by atoms with E-state index in [1.807, 2.05) is 49.1 Å². The van der Waals surface area contributed by atoms with Crippen LogP contribution < -0.4 is 10.6 Å². The first-order valence-corrected chi connectivity index (χ1v) is 12.4. The summed E-state index contributed by atoms with van der Waals surface area (Å²) in [5.74, 6) is -0.436. The molecule has 2 fully saturated rings. The average molecular weight is 468 g/mol. The Morgan fingerprint density at radius 1 is 1.03 bits per heavy atom. The lowest BCUT2D eigenvalue weighted by Crippen LogP contribution is -2.58. The van der Waals surface area contributed by atoms with Crippen molar-refractivity contribution in [2.75, 3.05) is 45.8 Å². The maximum atomic E-state index is 13.2. The number of nitrogens with one attached hydrogen (secondary N) is 2. The number of hydrogen-bond acceptors (Lipinski definition) is 6. The Labute approximate surface area is 190 Å². The fourth-order valence-corrected chi connectivity index (χ4v) is 5.97. The van der Waals surface area contributed by atoms with Gasteiger partial charge >= 0.3 is 6.03 Å². The van der Waals surface area contributed by atoms with Crippen LogP contribution in [0.1, 0.15) is 32.4 Å². The van der Waals surface area contributed by atoms with Gasteiger partial charge in [0.1, 0.15) is 6.04 Å². The fraction of sp³-hybridized carbons (Fsp3) is 0.619. The summed E-state index contributed by atoms with van der Waals surface area (Å²) < 4.78 is 35.0. The van der Waals surface area contributed by atoms with E-state index >= 15 is 0 Å². The highest BCUT2D eigenvalue weighted by molar-refractivity contribution is 7.86. The van der Waals surface area contributed by atoms with Gasteiger partial charge in [-0.15, -0.1) is 0 Å². The minimum absolute atomic E-state index is 0.157. The van der Waals surface area contributed by atoms with Gasteiger partial charge in [0.15, 0.2) is 0 Å². The maximum Gasteiger partial charge on any atom is 0.321 e. The molecule has 0 aliphatic carbocycles. The van der Waals surface area contributed by atoms with Gasteiger partial charge in [0.2, 0.25) is 5.91 Å². The number of urea groups is 1. The van der Waals surface area contributed by atoms with Gasteiger partial charge in [-0.25, -0.2) is 4.79 Å². The Balaban J connectivity index is 1.71. The van der Waals surface area contributed by atoms with Crippen LogP contribution in [-0.4, -0.2) is 91.9 Å². The van der Waals surface area contributed by atoms with E-state index in [0.29, 0.717) is 32.7 Å². The van der Waals surface area contributed by atoms with Gasteiger partial charge in [-0.2, -0.15) is 17.0 Å². The number of hydrogen-bond donors (Lipinski definition) is 2. The number of piperazine rings is 1. The van der Waals surface area contributed by atoms with Crippen LogP contribution in [0, 0.1) is 0 Å². The standard InChI is InChI=1S/C21H33N5O5S/c1-4-22-21(28)23-20(27)19(18-8-6-5-7-9-18)24-10-12-25(13-11-24)32(29,30)26-14-16(2)31-17(3)15-26/h5-9,16-17,19H,4,10-15H2,1-3H3,(H2,22,23,27,28). The first-order chi connectivity index (χ1) is 15.2. The number of rotatable bonds is 6. The minimum Gasteiger partial charge on any atom is -0.373 e. The summed E-state index contributed by atoms with van der Waals surface area (Å²) >= 11 is 0. The van der Waals surface area contributed by atoms with Gasteiger partial charge in [-0.1, -0.05) is 30.3 Å². The van der Waals surface area contributed by atoms with Crippen LogP contribution >= 0.6 is 0 Å². The Hall–Kier alpha value is -2.05. The summed E-state index contributed by atoms with van der Waals surface area (Å²) in [4.78, 5) is 26.8. The van der Waals surface area contributed by atoms with E-state index in [4.69, 9.17) is 4.74 Å². The van der Waals surface area contributed by atoms with Crippen LogP contribution in [0.5, 0.6) is 0 Å². The molecule has 2 aliphatic heterocycles. The normalized spacial score (nSPS) is 24.6. The smallest absolute Gasteiger partial charge is 0.321 e. The van der Waals surface area contributed by atoms with Crippen molar-refractivity contribution in [3.8, 4) is 0 Å². The molecule has 178 valence electrons. The molecule has 2 N–H and O–H groups in total. The molecule has 11 heteroatoms. The van der Waals surface area contributed by atoms with E-state index in [2.05, 4.69) is 10.6 Å². The largest absolute Gasteiger partial charge is 0.373 e. The van der Waals surface area contributed by atoms with E-state index in [1.54, 1.807) is 6.92 Å². The molecule has 2 heterocycles. The van der Waals surface area contributed by atoms with Crippen LogP contribution in [0.2, 0.25) is 0 Å². The molecule has 3 atom stereocenters. The molecule has 2 aliphatic rings. The van der Waals surface area contributed by atoms with E-state index in [1.165, 1.54) is 8.61 Å². The number of carbonyl (C=O) groups excluding carboxylic acids is 2. The predicted octanol–water partition coefficient (Wildman–Crippen LogP) is 0.545. The Kier molecular flexibility index (Phi) is 8.23. The highest BCUT2D eigenvalue weighted by atomic mass is 32.2. The second kappa shape index (κ2) is 10.7. The summed E-state index contributed by atoms with van der Waals surface area (Å²) in [5, 5.41) is 4.96. The van der Waals surface area contributed by atoms with Crippen molar-refractivity contribution >= 4 is 22.1 Å². The molecule has 0 aromatic heterocycles. The molecule has 32 heavy (non-hydrogen) atoms. The molecule has 0 bridgehead atoms. The highest BCUT2D eigenvalue weighted by Gasteiger charge is 2.39. The van der Waals surface area contributed by atoms with Crippen LogP contribution in [0.4, 0.5) is 4.79 Å². The number of benzene rings is 1. The van der Waals surface area contributed by atoms with Crippen LogP contribution in [0.15, 0.2) is 30.3 Å². The summed E-state index contributed by atoms with van der Waals surface area (Å²) in [7, 11) is -3.62. The maximum absolute atomic E-state index is 13.2. The van der Waals surface area contributed by atoms with Gasteiger partial charge in [0.25, 0.3) is 10.2 Å². The van der Waals surface area contributed by atoms with Gasteiger partial charge in [-0.05, 0) is 26.3 Å². The van der Waals surface area contributed by atoms with Gasteiger partial charge in [-0.3, -0.25) is 15.0 Å². The third kappa shape index (κ3) is 5.84. The molecular weight excluding hydrogens is 434 g/mol. The zero-order valence-corrected chi connectivity index (χ0v) is 19.7. The lowest BCUT2D eigenvalue weighted by atomic mass is 10.0. The number of carbonyl (C=O) groups is 2. The zero-order chi connectivity index (χ0) is 23.3. The summed E-state index contributed by atoms with van der Waals surface area (Å²) in [5.41, 5.74) is 0.751. The fourth-order valence-electron chi connectivity index (χ4n) is 4.22. The number of nitrogens with zero attached hydrogens (tertiary/aromatic N) is 3. The van der Waals surface area contributed by atoms with Crippen LogP contribution in [-0.2, 0) is 19.7 Å².